The third-order valence-electron chi connectivity index (χ3n) is 5.17. The summed E-state index contributed by atoms with van der Waals surface area (Å²) in [6, 6.07) is 4.89. The molecule has 0 bridgehead atoms. The van der Waals surface area contributed by atoms with Gasteiger partial charge in [0.25, 0.3) is 5.91 Å². The number of carbonyl (C=O) groups is 2. The molecule has 1 saturated heterocycles. The van der Waals surface area contributed by atoms with Gasteiger partial charge in [-0.2, -0.15) is 5.10 Å². The molecule has 0 saturated carbocycles. The Kier molecular flexibility index (Phi) is 7.21. The van der Waals surface area contributed by atoms with Crippen molar-refractivity contribution in [2.24, 2.45) is 5.73 Å². The molecule has 1 aromatic carbocycles. The van der Waals surface area contributed by atoms with Crippen molar-refractivity contribution in [3.8, 4) is 16.9 Å². The van der Waals surface area contributed by atoms with Crippen LogP contribution in [-0.2, 0) is 11.3 Å². The van der Waals surface area contributed by atoms with Crippen molar-refractivity contribution < 1.29 is 28.6 Å². The number of aliphatic hydroxyl groups is 1. The second-order valence-corrected chi connectivity index (χ2v) is 10.2. The van der Waals surface area contributed by atoms with Crippen LogP contribution in [0.15, 0.2) is 30.6 Å². The van der Waals surface area contributed by atoms with Gasteiger partial charge in [-0.3, -0.25) is 9.48 Å². The van der Waals surface area contributed by atoms with Gasteiger partial charge in [0.1, 0.15) is 17.5 Å². The summed E-state index contributed by atoms with van der Waals surface area (Å²) in [6.45, 7) is 9.03. The molecule has 3 rings (SSSR count). The largest absolute Gasteiger partial charge is 0.486 e. The fourth-order valence-electron chi connectivity index (χ4n) is 3.67. The summed E-state index contributed by atoms with van der Waals surface area (Å²) in [7, 11) is 0. The number of ether oxygens (including phenoxy) is 2. The highest BCUT2D eigenvalue weighted by Crippen LogP contribution is 2.30. The number of rotatable bonds is 6. The van der Waals surface area contributed by atoms with Crippen LogP contribution in [0.4, 0.5) is 9.18 Å². The molecule has 0 radical (unpaired) electrons. The number of likely N-dealkylation sites (tertiary alicyclic amines) is 1. The topological polar surface area (TPSA) is 120 Å². The van der Waals surface area contributed by atoms with E-state index < -0.39 is 35.5 Å². The van der Waals surface area contributed by atoms with E-state index in [1.807, 2.05) is 0 Å². The van der Waals surface area contributed by atoms with Crippen molar-refractivity contribution in [2.75, 3.05) is 13.1 Å². The Balaban J connectivity index is 1.72. The van der Waals surface area contributed by atoms with Crippen LogP contribution >= 0.6 is 0 Å². The molecule has 2 atom stereocenters. The van der Waals surface area contributed by atoms with Gasteiger partial charge in [-0.25, -0.2) is 9.18 Å². The lowest BCUT2D eigenvalue weighted by Crippen LogP contribution is -2.50. The zero-order chi connectivity index (χ0) is 25.3. The van der Waals surface area contributed by atoms with Gasteiger partial charge in [-0.15, -0.1) is 0 Å². The first-order valence-corrected chi connectivity index (χ1v) is 11.2. The van der Waals surface area contributed by atoms with Gasteiger partial charge in [-0.1, -0.05) is 6.07 Å². The van der Waals surface area contributed by atoms with Crippen LogP contribution in [0, 0.1) is 0 Å². The number of alkyl halides is 1. The minimum Gasteiger partial charge on any atom is -0.486 e. The summed E-state index contributed by atoms with van der Waals surface area (Å²) in [4.78, 5) is 25.7. The fraction of sp³-hybridized carbons (Fsp3) is 0.542. The maximum absolute atomic E-state index is 14.9. The summed E-state index contributed by atoms with van der Waals surface area (Å²) in [5.74, 6) is -0.527. The molecule has 10 heteroatoms. The average Bonchev–Trinajstić information content (AvgIpc) is 3.14. The standard InChI is InChI=1S/C24H33FN4O5/c1-23(2,3)34-22(31)28-9-8-20(18(25)13-28)33-19-7-6-15(10-17(19)21(26)30)16-11-27-29(12-16)14-24(4,5)32/h6-7,10-12,18,20,32H,8-9,13-14H2,1-5H3,(H2,26,30). The van der Waals surface area contributed by atoms with E-state index in [4.69, 9.17) is 15.2 Å². The van der Waals surface area contributed by atoms with Crippen molar-refractivity contribution in [2.45, 2.75) is 71.1 Å². The molecule has 34 heavy (non-hydrogen) atoms. The highest BCUT2D eigenvalue weighted by atomic mass is 19.1. The quantitative estimate of drug-likeness (QED) is 0.661. The van der Waals surface area contributed by atoms with Crippen LogP contribution in [0.25, 0.3) is 11.1 Å². The second-order valence-electron chi connectivity index (χ2n) is 10.2. The number of nitrogens with two attached hydrogens (primary N) is 1. The Morgan fingerprint density at radius 3 is 2.53 bits per heavy atom. The lowest BCUT2D eigenvalue weighted by molar-refractivity contribution is -0.0106. The van der Waals surface area contributed by atoms with E-state index in [0.29, 0.717) is 12.1 Å². The summed E-state index contributed by atoms with van der Waals surface area (Å²) in [5.41, 5.74) is 5.51. The van der Waals surface area contributed by atoms with E-state index in [1.54, 1.807) is 69.9 Å². The third-order valence-corrected chi connectivity index (χ3v) is 5.17. The smallest absolute Gasteiger partial charge is 0.410 e. The number of primary amides is 1. The zero-order valence-electron chi connectivity index (χ0n) is 20.2. The van der Waals surface area contributed by atoms with Gasteiger partial charge >= 0.3 is 6.09 Å². The number of aromatic nitrogens is 2. The molecule has 1 fully saturated rings. The molecule has 186 valence electrons. The third kappa shape index (κ3) is 6.69. The molecule has 1 aliphatic heterocycles. The SMILES string of the molecule is CC(C)(O)Cn1cc(-c2ccc(OC3CCN(C(=O)OC(C)(C)C)CC3F)c(C(N)=O)c2)cn1. The Morgan fingerprint density at radius 1 is 1.24 bits per heavy atom. The molecule has 2 aromatic rings. The number of piperidine rings is 1. The molecular weight excluding hydrogens is 443 g/mol. The number of hydrogen-bond acceptors (Lipinski definition) is 6. The van der Waals surface area contributed by atoms with E-state index in [1.165, 1.54) is 4.90 Å². The lowest BCUT2D eigenvalue weighted by atomic mass is 10.0. The second kappa shape index (κ2) is 9.61. The maximum atomic E-state index is 14.9. The number of halogens is 1. The molecule has 2 heterocycles. The van der Waals surface area contributed by atoms with Gasteiger partial charge in [-0.05, 0) is 52.3 Å². The van der Waals surface area contributed by atoms with E-state index in [0.717, 1.165) is 5.56 Å². The fourth-order valence-corrected chi connectivity index (χ4v) is 3.67. The molecule has 3 N–H and O–H groups in total. The van der Waals surface area contributed by atoms with Gasteiger partial charge in [0.15, 0.2) is 6.17 Å². The minimum atomic E-state index is -1.46. The molecule has 2 unspecified atom stereocenters. The summed E-state index contributed by atoms with van der Waals surface area (Å²) in [5, 5.41) is 14.2. The van der Waals surface area contributed by atoms with E-state index in [2.05, 4.69) is 5.10 Å². The van der Waals surface area contributed by atoms with E-state index in [-0.39, 0.29) is 30.8 Å². The highest BCUT2D eigenvalue weighted by Gasteiger charge is 2.35. The normalized spacial score (nSPS) is 19.1. The average molecular weight is 477 g/mol. The predicted molar refractivity (Wildman–Crippen MR) is 124 cm³/mol. The maximum Gasteiger partial charge on any atom is 0.410 e. The number of amides is 2. The Morgan fingerprint density at radius 2 is 1.94 bits per heavy atom. The first kappa shape index (κ1) is 25.5. The van der Waals surface area contributed by atoms with Gasteiger partial charge in [0, 0.05) is 24.7 Å². The van der Waals surface area contributed by atoms with Gasteiger partial charge in [0.2, 0.25) is 0 Å². The molecule has 1 aromatic heterocycles. The van der Waals surface area contributed by atoms with Crippen LogP contribution < -0.4 is 10.5 Å². The molecule has 2 amide bonds. The van der Waals surface area contributed by atoms with Crippen molar-refractivity contribution in [1.29, 1.82) is 0 Å². The molecule has 9 nitrogen and oxygen atoms in total. The molecule has 0 spiro atoms. The number of carbonyl (C=O) groups excluding carboxylic acids is 2. The molecule has 1 aliphatic rings. The van der Waals surface area contributed by atoms with E-state index >= 15 is 0 Å². The van der Waals surface area contributed by atoms with Crippen LogP contribution in [0.1, 0.15) is 51.4 Å². The minimum absolute atomic E-state index is 0.120. The van der Waals surface area contributed by atoms with Crippen LogP contribution in [0.5, 0.6) is 5.75 Å². The van der Waals surface area contributed by atoms with Crippen molar-refractivity contribution in [1.82, 2.24) is 14.7 Å². The first-order chi connectivity index (χ1) is 15.7. The number of hydrogen-bond donors (Lipinski definition) is 2. The first-order valence-electron chi connectivity index (χ1n) is 11.2. The monoisotopic (exact) mass is 476 g/mol. The van der Waals surface area contributed by atoms with Crippen LogP contribution in [0.3, 0.4) is 0 Å². The predicted octanol–water partition coefficient (Wildman–Crippen LogP) is 3.15. The van der Waals surface area contributed by atoms with Crippen LogP contribution in [0.2, 0.25) is 0 Å². The van der Waals surface area contributed by atoms with Crippen LogP contribution in [-0.4, -0.2) is 68.4 Å². The lowest BCUT2D eigenvalue weighted by Gasteiger charge is -2.35. The molecule has 0 aliphatic carbocycles. The summed E-state index contributed by atoms with van der Waals surface area (Å²) in [6.07, 6.45) is 0.753. The highest BCUT2D eigenvalue weighted by molar-refractivity contribution is 5.97. The zero-order valence-corrected chi connectivity index (χ0v) is 20.2. The van der Waals surface area contributed by atoms with Gasteiger partial charge in [0.05, 0.1) is 30.5 Å². The van der Waals surface area contributed by atoms with Crippen molar-refractivity contribution in [3.63, 3.8) is 0 Å². The Hall–Kier alpha value is -3.14. The summed E-state index contributed by atoms with van der Waals surface area (Å²) < 4.78 is 27.6. The number of benzene rings is 1. The van der Waals surface area contributed by atoms with Crippen molar-refractivity contribution >= 4 is 12.0 Å². The Labute approximate surface area is 198 Å². The van der Waals surface area contributed by atoms with E-state index in [9.17, 15) is 19.1 Å². The molecular formula is C24H33FN4O5. The van der Waals surface area contributed by atoms with Gasteiger partial charge < -0.3 is 25.2 Å². The Bertz CT molecular complexity index is 1040. The summed E-state index contributed by atoms with van der Waals surface area (Å²) >= 11 is 0. The van der Waals surface area contributed by atoms with Crippen molar-refractivity contribution in [3.05, 3.63) is 36.2 Å². The number of nitrogens with zero attached hydrogens (tertiary/aromatic N) is 3.